The van der Waals surface area contributed by atoms with Crippen LogP contribution in [0.15, 0.2) is 42.5 Å². The highest BCUT2D eigenvalue weighted by Gasteiger charge is 2.14. The van der Waals surface area contributed by atoms with Crippen LogP contribution in [-0.4, -0.2) is 24.4 Å². The van der Waals surface area contributed by atoms with Gasteiger partial charge in [0.15, 0.2) is 0 Å². The van der Waals surface area contributed by atoms with Crippen molar-refractivity contribution < 1.29 is 19.1 Å². The molecule has 0 aliphatic rings. The van der Waals surface area contributed by atoms with Gasteiger partial charge in [0.05, 0.1) is 12.2 Å². The van der Waals surface area contributed by atoms with E-state index in [9.17, 15) is 14.4 Å². The van der Waals surface area contributed by atoms with Crippen LogP contribution in [0, 0.1) is 0 Å². The molecule has 0 heterocycles. The normalized spacial score (nSPS) is 10.1. The van der Waals surface area contributed by atoms with Crippen molar-refractivity contribution in [3.8, 4) is 0 Å². The Morgan fingerprint density at radius 3 is 2.31 bits per heavy atom. The number of hydrogen-bond donors (Lipinski definition) is 2. The molecule has 0 aromatic heterocycles. The quantitative estimate of drug-likeness (QED) is 0.600. The average Bonchev–Trinajstić information content (AvgIpc) is 2.61. The molecule has 0 saturated carbocycles. The highest BCUT2D eigenvalue weighted by atomic mass is 35.5. The molecule has 0 unspecified atom stereocenters. The first-order valence-corrected chi connectivity index (χ1v) is 8.46. The predicted octanol–water partition coefficient (Wildman–Crippen LogP) is 3.43. The fourth-order valence-corrected chi connectivity index (χ4v) is 2.49. The number of hydrogen-bond acceptors (Lipinski definition) is 4. The summed E-state index contributed by atoms with van der Waals surface area (Å²) in [5, 5.41) is 5.79. The van der Waals surface area contributed by atoms with Crippen LogP contribution in [-0.2, 0) is 20.9 Å². The molecule has 2 N–H and O–H groups in total. The average molecular weight is 395 g/mol. The first-order valence-electron chi connectivity index (χ1n) is 7.71. The summed E-state index contributed by atoms with van der Waals surface area (Å²) in [6, 6.07) is 10.9. The van der Waals surface area contributed by atoms with E-state index in [4.69, 9.17) is 27.9 Å². The van der Waals surface area contributed by atoms with Crippen LogP contribution in [0.25, 0.3) is 0 Å². The highest BCUT2D eigenvalue weighted by Crippen LogP contribution is 2.20. The molecular formula is C18H16Cl2N2O4. The summed E-state index contributed by atoms with van der Waals surface area (Å²) in [6.45, 7) is 2.07. The zero-order chi connectivity index (χ0) is 19.1. The molecule has 0 radical (unpaired) electrons. The molecule has 0 saturated heterocycles. The summed E-state index contributed by atoms with van der Waals surface area (Å²) in [4.78, 5) is 35.4. The number of carbonyl (C=O) groups excluding carboxylic acids is 3. The highest BCUT2D eigenvalue weighted by molar-refractivity contribution is 6.39. The molecule has 2 rings (SSSR count). The lowest BCUT2D eigenvalue weighted by Gasteiger charge is -2.08. The summed E-state index contributed by atoms with van der Waals surface area (Å²) in [5.41, 5.74) is 1.37. The number of amides is 2. The molecule has 2 aromatic carbocycles. The monoisotopic (exact) mass is 394 g/mol. The van der Waals surface area contributed by atoms with Crippen molar-refractivity contribution in [3.05, 3.63) is 63.6 Å². The number of anilines is 1. The maximum atomic E-state index is 11.9. The van der Waals surface area contributed by atoms with Gasteiger partial charge in [0.25, 0.3) is 0 Å². The van der Waals surface area contributed by atoms with E-state index in [0.717, 1.165) is 0 Å². The van der Waals surface area contributed by atoms with Gasteiger partial charge < -0.3 is 15.4 Å². The topological polar surface area (TPSA) is 84.5 Å². The first kappa shape index (κ1) is 19.8. The Kier molecular flexibility index (Phi) is 7.00. The standard InChI is InChI=1S/C18H16Cl2N2O4/c1-2-26-18(25)11-4-7-14(8-5-11)22-17(24)16(23)21-10-12-3-6-13(19)9-15(12)20/h3-9H,2,10H2,1H3,(H,21,23)(H,22,24). The van der Waals surface area contributed by atoms with Crippen molar-refractivity contribution in [2.45, 2.75) is 13.5 Å². The fraction of sp³-hybridized carbons (Fsp3) is 0.167. The number of benzene rings is 2. The Labute approximate surface area is 160 Å². The van der Waals surface area contributed by atoms with E-state index in [2.05, 4.69) is 10.6 Å². The van der Waals surface area contributed by atoms with Gasteiger partial charge >= 0.3 is 17.8 Å². The lowest BCUT2D eigenvalue weighted by Crippen LogP contribution is -2.35. The van der Waals surface area contributed by atoms with E-state index in [1.165, 1.54) is 24.3 Å². The Hall–Kier alpha value is -2.57. The van der Waals surface area contributed by atoms with E-state index in [-0.39, 0.29) is 13.2 Å². The van der Waals surface area contributed by atoms with Crippen molar-refractivity contribution >= 4 is 46.7 Å². The Bertz CT molecular complexity index is 822. The van der Waals surface area contributed by atoms with E-state index < -0.39 is 17.8 Å². The van der Waals surface area contributed by atoms with Gasteiger partial charge in [-0.05, 0) is 48.9 Å². The summed E-state index contributed by atoms with van der Waals surface area (Å²) in [5.74, 6) is -2.10. The number of esters is 1. The van der Waals surface area contributed by atoms with E-state index in [1.54, 1.807) is 25.1 Å². The minimum absolute atomic E-state index is 0.0874. The van der Waals surface area contributed by atoms with Gasteiger partial charge in [0.2, 0.25) is 0 Å². The summed E-state index contributed by atoms with van der Waals surface area (Å²) in [6.07, 6.45) is 0. The second-order valence-electron chi connectivity index (χ2n) is 5.17. The molecule has 136 valence electrons. The zero-order valence-electron chi connectivity index (χ0n) is 13.8. The third-order valence-corrected chi connectivity index (χ3v) is 3.90. The third kappa shape index (κ3) is 5.47. The van der Waals surface area contributed by atoms with E-state index >= 15 is 0 Å². The summed E-state index contributed by atoms with van der Waals surface area (Å²) < 4.78 is 4.87. The van der Waals surface area contributed by atoms with Crippen LogP contribution in [0.2, 0.25) is 10.0 Å². The molecule has 6 nitrogen and oxygen atoms in total. The minimum atomic E-state index is -0.834. The van der Waals surface area contributed by atoms with Crippen LogP contribution in [0.3, 0.4) is 0 Å². The van der Waals surface area contributed by atoms with Gasteiger partial charge in [-0.25, -0.2) is 4.79 Å². The van der Waals surface area contributed by atoms with Crippen LogP contribution in [0.5, 0.6) is 0 Å². The summed E-state index contributed by atoms with van der Waals surface area (Å²) >= 11 is 11.8. The Morgan fingerprint density at radius 1 is 1.00 bits per heavy atom. The molecular weight excluding hydrogens is 379 g/mol. The molecule has 0 atom stereocenters. The minimum Gasteiger partial charge on any atom is -0.462 e. The smallest absolute Gasteiger partial charge is 0.338 e. The first-order chi connectivity index (χ1) is 12.4. The van der Waals surface area contributed by atoms with Gasteiger partial charge in [-0.3, -0.25) is 9.59 Å². The van der Waals surface area contributed by atoms with Gasteiger partial charge in [-0.1, -0.05) is 29.3 Å². The van der Waals surface area contributed by atoms with Gasteiger partial charge in [-0.15, -0.1) is 0 Å². The Morgan fingerprint density at radius 2 is 1.69 bits per heavy atom. The zero-order valence-corrected chi connectivity index (χ0v) is 15.4. The maximum Gasteiger partial charge on any atom is 0.338 e. The maximum absolute atomic E-state index is 11.9. The number of rotatable bonds is 5. The van der Waals surface area contributed by atoms with Gasteiger partial charge in [0, 0.05) is 22.3 Å². The van der Waals surface area contributed by atoms with Crippen molar-refractivity contribution in [1.82, 2.24) is 5.32 Å². The lowest BCUT2D eigenvalue weighted by molar-refractivity contribution is -0.136. The molecule has 2 amide bonds. The third-order valence-electron chi connectivity index (χ3n) is 3.31. The van der Waals surface area contributed by atoms with Crippen LogP contribution >= 0.6 is 23.2 Å². The molecule has 8 heteroatoms. The molecule has 0 spiro atoms. The fourth-order valence-electron chi connectivity index (χ4n) is 2.01. The van der Waals surface area contributed by atoms with Crippen molar-refractivity contribution in [3.63, 3.8) is 0 Å². The molecule has 26 heavy (non-hydrogen) atoms. The van der Waals surface area contributed by atoms with Gasteiger partial charge in [-0.2, -0.15) is 0 Å². The van der Waals surface area contributed by atoms with Crippen molar-refractivity contribution in [1.29, 1.82) is 0 Å². The number of nitrogens with one attached hydrogen (secondary N) is 2. The second-order valence-corrected chi connectivity index (χ2v) is 6.01. The lowest BCUT2D eigenvalue weighted by atomic mass is 10.2. The molecule has 0 fully saturated rings. The largest absolute Gasteiger partial charge is 0.462 e. The SMILES string of the molecule is CCOC(=O)c1ccc(NC(=O)C(=O)NCc2ccc(Cl)cc2Cl)cc1. The predicted molar refractivity (Wildman–Crippen MR) is 99.3 cm³/mol. The van der Waals surface area contributed by atoms with Gasteiger partial charge in [0.1, 0.15) is 0 Å². The van der Waals surface area contributed by atoms with Crippen LogP contribution < -0.4 is 10.6 Å². The number of ether oxygens (including phenoxy) is 1. The molecule has 0 aliphatic carbocycles. The van der Waals surface area contributed by atoms with Crippen molar-refractivity contribution in [2.24, 2.45) is 0 Å². The van der Waals surface area contributed by atoms with Crippen molar-refractivity contribution in [2.75, 3.05) is 11.9 Å². The van der Waals surface area contributed by atoms with E-state index in [0.29, 0.717) is 26.9 Å². The second kappa shape index (κ2) is 9.22. The molecule has 2 aromatic rings. The van der Waals surface area contributed by atoms with E-state index in [1.807, 2.05) is 0 Å². The number of carbonyl (C=O) groups is 3. The van der Waals surface area contributed by atoms with Crippen LogP contribution in [0.4, 0.5) is 5.69 Å². The molecule has 0 aliphatic heterocycles. The Balaban J connectivity index is 1.90. The summed E-state index contributed by atoms with van der Waals surface area (Å²) in [7, 11) is 0. The van der Waals surface area contributed by atoms with Crippen LogP contribution in [0.1, 0.15) is 22.8 Å². The number of halogens is 2. The molecule has 0 bridgehead atoms.